The van der Waals surface area contributed by atoms with Gasteiger partial charge in [0.15, 0.2) is 15.6 Å². The molecule has 0 N–H and O–H groups in total. The van der Waals surface area contributed by atoms with Crippen molar-refractivity contribution in [3.8, 4) is 0 Å². The minimum Gasteiger partial charge on any atom is -0.416 e. The molecule has 0 spiro atoms. The smallest absolute Gasteiger partial charge is 0.277 e. The van der Waals surface area contributed by atoms with Crippen molar-refractivity contribution < 1.29 is 17.6 Å². The van der Waals surface area contributed by atoms with E-state index in [0.29, 0.717) is 29.5 Å². The fraction of sp³-hybridized carbons (Fsp3) is 0.526. The third-order valence-corrected chi connectivity index (χ3v) is 7.76. The lowest BCUT2D eigenvalue weighted by molar-refractivity contribution is 0.0993. The Morgan fingerprint density at radius 2 is 1.93 bits per heavy atom. The van der Waals surface area contributed by atoms with Gasteiger partial charge in [0.1, 0.15) is 0 Å². The molecule has 0 amide bonds. The van der Waals surface area contributed by atoms with Crippen molar-refractivity contribution in [1.29, 1.82) is 0 Å². The van der Waals surface area contributed by atoms with Crippen LogP contribution in [0.25, 0.3) is 0 Å². The lowest BCUT2D eigenvalue weighted by atomic mass is 9.97. The predicted octanol–water partition coefficient (Wildman–Crippen LogP) is 3.34. The summed E-state index contributed by atoms with van der Waals surface area (Å²) in [4.78, 5) is 12.8. The van der Waals surface area contributed by atoms with E-state index in [-0.39, 0.29) is 28.5 Å². The van der Waals surface area contributed by atoms with Gasteiger partial charge in [0.2, 0.25) is 5.89 Å². The van der Waals surface area contributed by atoms with Crippen molar-refractivity contribution in [2.24, 2.45) is 5.92 Å². The van der Waals surface area contributed by atoms with Gasteiger partial charge in [-0.25, -0.2) is 8.42 Å². The molecular weight excluding hydrogens is 384 g/mol. The van der Waals surface area contributed by atoms with Crippen LogP contribution < -0.4 is 0 Å². The zero-order valence-electron chi connectivity index (χ0n) is 16.0. The number of hydrogen-bond acceptors (Lipinski definition) is 7. The van der Waals surface area contributed by atoms with Crippen molar-refractivity contribution in [2.45, 2.75) is 51.0 Å². The Labute approximate surface area is 164 Å². The van der Waals surface area contributed by atoms with Gasteiger partial charge in [0.05, 0.1) is 16.8 Å². The first-order valence-electron chi connectivity index (χ1n) is 8.96. The van der Waals surface area contributed by atoms with E-state index < -0.39 is 9.84 Å². The van der Waals surface area contributed by atoms with E-state index in [0.717, 1.165) is 11.1 Å². The lowest BCUT2D eigenvalue weighted by Crippen LogP contribution is -2.15. The highest BCUT2D eigenvalue weighted by Gasteiger charge is 2.29. The zero-order valence-corrected chi connectivity index (χ0v) is 17.6. The van der Waals surface area contributed by atoms with E-state index in [1.165, 1.54) is 17.3 Å². The number of carbonyl (C=O) groups is 1. The van der Waals surface area contributed by atoms with Crippen molar-refractivity contribution in [1.82, 2.24) is 10.2 Å². The molecule has 1 aliphatic heterocycles. The molecule has 8 heteroatoms. The number of sulfone groups is 1. The number of ketones is 1. The molecule has 27 heavy (non-hydrogen) atoms. The third-order valence-electron chi connectivity index (χ3n) is 4.99. The number of aryl methyl sites for hydroxylation is 3. The highest BCUT2D eigenvalue weighted by atomic mass is 32.2. The highest BCUT2D eigenvalue weighted by molar-refractivity contribution is 8.00. The van der Waals surface area contributed by atoms with Gasteiger partial charge in [-0.3, -0.25) is 4.79 Å². The topological polar surface area (TPSA) is 90.1 Å². The third kappa shape index (κ3) is 4.79. The molecule has 1 fully saturated rings. The molecule has 1 aromatic carbocycles. The molecule has 3 rings (SSSR count). The molecule has 0 bridgehead atoms. The summed E-state index contributed by atoms with van der Waals surface area (Å²) in [5, 5.41) is 8.01. The van der Waals surface area contributed by atoms with Gasteiger partial charge >= 0.3 is 0 Å². The van der Waals surface area contributed by atoms with Gasteiger partial charge in [0.25, 0.3) is 5.22 Å². The minimum atomic E-state index is -2.92. The number of thioether (sulfide) groups is 1. The maximum absolute atomic E-state index is 12.8. The van der Waals surface area contributed by atoms with Crippen molar-refractivity contribution >= 4 is 27.4 Å². The van der Waals surface area contributed by atoms with Crippen LogP contribution in [0.1, 0.15) is 46.3 Å². The SMILES string of the molecule is Cc1cc(C)c(C(=O)[C@H](C)Sc2nnc(C[C@H]3CCS(=O)(=O)C3)o2)cc1C. The molecule has 6 nitrogen and oxygen atoms in total. The van der Waals surface area contributed by atoms with Crippen molar-refractivity contribution in [2.75, 3.05) is 11.5 Å². The first-order chi connectivity index (χ1) is 12.6. The Morgan fingerprint density at radius 1 is 1.22 bits per heavy atom. The summed E-state index contributed by atoms with van der Waals surface area (Å²) in [5.74, 6) is 0.905. The van der Waals surface area contributed by atoms with E-state index in [9.17, 15) is 13.2 Å². The molecule has 0 radical (unpaired) electrons. The number of Topliss-reactive ketones (excluding diaryl/α,β-unsaturated/α-hetero) is 1. The molecule has 1 saturated heterocycles. The molecule has 0 saturated carbocycles. The Kier molecular flexibility index (Phi) is 5.76. The van der Waals surface area contributed by atoms with E-state index in [2.05, 4.69) is 10.2 Å². The molecule has 1 aromatic heterocycles. The first kappa shape index (κ1) is 20.1. The van der Waals surface area contributed by atoms with Gasteiger partial charge in [-0.05, 0) is 62.8 Å². The van der Waals surface area contributed by atoms with Crippen molar-refractivity contribution in [3.05, 3.63) is 40.3 Å². The van der Waals surface area contributed by atoms with Crippen LogP contribution in [0.3, 0.4) is 0 Å². The van der Waals surface area contributed by atoms with Gasteiger partial charge in [0, 0.05) is 12.0 Å². The predicted molar refractivity (Wildman–Crippen MR) is 105 cm³/mol. The Hall–Kier alpha value is -1.67. The summed E-state index contributed by atoms with van der Waals surface area (Å²) in [6, 6.07) is 3.96. The van der Waals surface area contributed by atoms with Crippen molar-refractivity contribution in [3.63, 3.8) is 0 Å². The second-order valence-electron chi connectivity index (χ2n) is 7.31. The number of aromatic nitrogens is 2. The second-order valence-corrected chi connectivity index (χ2v) is 10.8. The van der Waals surface area contributed by atoms with Gasteiger partial charge in [-0.15, -0.1) is 10.2 Å². The molecule has 0 unspecified atom stereocenters. The van der Waals surface area contributed by atoms with E-state index in [1.54, 1.807) is 0 Å². The van der Waals surface area contributed by atoms with E-state index in [4.69, 9.17) is 4.42 Å². The number of rotatable bonds is 6. The second kappa shape index (κ2) is 7.75. The molecule has 1 aliphatic rings. The van der Waals surface area contributed by atoms with E-state index in [1.807, 2.05) is 39.8 Å². The molecule has 2 aromatic rings. The van der Waals surface area contributed by atoms with Gasteiger partial charge in [-0.2, -0.15) is 0 Å². The van der Waals surface area contributed by atoms with Crippen LogP contribution in [0.5, 0.6) is 0 Å². The number of carbonyl (C=O) groups excluding carboxylic acids is 1. The molecule has 2 heterocycles. The lowest BCUT2D eigenvalue weighted by Gasteiger charge is -2.12. The first-order valence-corrected chi connectivity index (χ1v) is 11.7. The maximum atomic E-state index is 12.8. The van der Waals surface area contributed by atoms with Gasteiger partial charge < -0.3 is 4.42 Å². The fourth-order valence-electron chi connectivity index (χ4n) is 3.30. The molecule has 2 atom stereocenters. The molecule has 146 valence electrons. The quantitative estimate of drug-likeness (QED) is 0.535. The largest absolute Gasteiger partial charge is 0.416 e. The molecule has 0 aliphatic carbocycles. The van der Waals surface area contributed by atoms with Crippen LogP contribution in [-0.2, 0) is 16.3 Å². The van der Waals surface area contributed by atoms with Crippen LogP contribution in [0.4, 0.5) is 0 Å². The monoisotopic (exact) mass is 408 g/mol. The van der Waals surface area contributed by atoms with Crippen LogP contribution in [0.2, 0.25) is 0 Å². The summed E-state index contributed by atoms with van der Waals surface area (Å²) < 4.78 is 28.7. The molecular formula is C19H24N2O4S2. The average molecular weight is 409 g/mol. The number of nitrogens with zero attached hydrogens (tertiary/aromatic N) is 2. The zero-order chi connectivity index (χ0) is 19.8. The number of hydrogen-bond donors (Lipinski definition) is 0. The summed E-state index contributed by atoms with van der Waals surface area (Å²) >= 11 is 1.24. The van der Waals surface area contributed by atoms with Crippen LogP contribution >= 0.6 is 11.8 Å². The van der Waals surface area contributed by atoms with Crippen LogP contribution in [0, 0.1) is 26.7 Å². The maximum Gasteiger partial charge on any atom is 0.277 e. The standard InChI is InChI=1S/C19H24N2O4S2/c1-11-7-13(3)16(8-12(11)2)18(22)14(4)26-19-21-20-17(25-19)9-15-5-6-27(23,24)10-15/h7-8,14-15H,5-6,9-10H2,1-4H3/t14-,15+/m0/s1. The van der Waals surface area contributed by atoms with Crippen LogP contribution in [-0.4, -0.2) is 41.2 Å². The normalized spacial score (nSPS) is 19.9. The summed E-state index contributed by atoms with van der Waals surface area (Å²) in [6.07, 6.45) is 1.10. The van der Waals surface area contributed by atoms with Gasteiger partial charge in [-0.1, -0.05) is 17.8 Å². The average Bonchev–Trinajstić information content (AvgIpc) is 3.16. The minimum absolute atomic E-state index is 0.0298. The summed E-state index contributed by atoms with van der Waals surface area (Å²) in [7, 11) is -2.92. The Morgan fingerprint density at radius 3 is 2.59 bits per heavy atom. The highest BCUT2D eigenvalue weighted by Crippen LogP contribution is 2.28. The number of benzene rings is 1. The Balaban J connectivity index is 1.65. The van der Waals surface area contributed by atoms with E-state index >= 15 is 0 Å². The Bertz CT molecular complexity index is 966. The summed E-state index contributed by atoms with van der Waals surface area (Å²) in [6.45, 7) is 7.80. The fourth-order valence-corrected chi connectivity index (χ4v) is 5.93. The van der Waals surface area contributed by atoms with Crippen LogP contribution in [0.15, 0.2) is 21.8 Å². The summed E-state index contributed by atoms with van der Waals surface area (Å²) in [5.41, 5.74) is 3.94.